The van der Waals surface area contributed by atoms with Gasteiger partial charge in [0.2, 0.25) is 0 Å². The number of hydrazine groups is 1. The monoisotopic (exact) mass is 239 g/mol. The van der Waals surface area contributed by atoms with Gasteiger partial charge in [-0.3, -0.25) is 0 Å². The second-order valence-corrected chi connectivity index (χ2v) is 4.18. The molecule has 0 spiro atoms. The molecule has 1 aliphatic carbocycles. The normalized spacial score (nSPS) is 27.4. The van der Waals surface area contributed by atoms with E-state index in [4.69, 9.17) is 16.4 Å². The van der Waals surface area contributed by atoms with Crippen molar-refractivity contribution in [3.8, 4) is 0 Å². The second kappa shape index (κ2) is 3.18. The summed E-state index contributed by atoms with van der Waals surface area (Å²) in [5, 5.41) is 0.815. The highest BCUT2D eigenvalue weighted by Crippen LogP contribution is 2.51. The van der Waals surface area contributed by atoms with Crippen molar-refractivity contribution in [2.24, 2.45) is 11.6 Å². The van der Waals surface area contributed by atoms with Gasteiger partial charge in [-0.2, -0.15) is 5.17 Å². The van der Waals surface area contributed by atoms with E-state index in [9.17, 15) is 8.78 Å². The van der Waals surface area contributed by atoms with Crippen molar-refractivity contribution in [3.63, 3.8) is 0 Å². The van der Waals surface area contributed by atoms with Gasteiger partial charge in [0.25, 0.3) is 5.92 Å². The number of benzene rings is 1. The van der Waals surface area contributed by atoms with Gasteiger partial charge >= 0.3 is 0 Å². The topological polar surface area (TPSA) is 64.5 Å². The Bertz CT molecular complexity index is 515. The summed E-state index contributed by atoms with van der Waals surface area (Å²) in [5.74, 6) is 2.61. The first-order chi connectivity index (χ1) is 8.04. The molecule has 4 nitrogen and oxygen atoms in total. The van der Waals surface area contributed by atoms with Gasteiger partial charge in [0.1, 0.15) is 5.70 Å². The molecule has 6 heteroatoms. The molecule has 2 aliphatic rings. The van der Waals surface area contributed by atoms with Crippen molar-refractivity contribution < 1.29 is 13.6 Å². The van der Waals surface area contributed by atoms with E-state index in [1.807, 2.05) is 0 Å². The lowest BCUT2D eigenvalue weighted by Crippen LogP contribution is -2.40. The smallest absolute Gasteiger partial charge is 0.284 e. The Balaban J connectivity index is 2.25. The van der Waals surface area contributed by atoms with Gasteiger partial charge in [-0.25, -0.2) is 19.5 Å². The van der Waals surface area contributed by atoms with Crippen LogP contribution in [0.3, 0.4) is 0 Å². The lowest BCUT2D eigenvalue weighted by Gasteiger charge is -2.33. The van der Waals surface area contributed by atoms with Crippen LogP contribution < -0.4 is 11.6 Å². The predicted molar refractivity (Wildman–Crippen MR) is 57.1 cm³/mol. The molecule has 1 unspecified atom stereocenters. The van der Waals surface area contributed by atoms with Crippen LogP contribution in [0.15, 0.2) is 24.4 Å². The zero-order valence-electron chi connectivity index (χ0n) is 8.86. The summed E-state index contributed by atoms with van der Waals surface area (Å²) in [6.07, 6.45) is -0.392. The van der Waals surface area contributed by atoms with Crippen LogP contribution in [-0.2, 0) is 11.3 Å². The summed E-state index contributed by atoms with van der Waals surface area (Å²) >= 11 is 0. The van der Waals surface area contributed by atoms with Crippen LogP contribution in [0, 0.1) is 0 Å². The Morgan fingerprint density at radius 1 is 1.47 bits per heavy atom. The van der Waals surface area contributed by atoms with E-state index < -0.39 is 12.0 Å². The molecule has 0 aromatic heterocycles. The minimum absolute atomic E-state index is 0.327. The lowest BCUT2D eigenvalue weighted by atomic mass is 9.98. The molecule has 1 aliphatic heterocycles. The average molecular weight is 239 g/mol. The van der Waals surface area contributed by atoms with Gasteiger partial charge in [-0.05, 0) is 5.56 Å². The number of nitrogens with two attached hydrogens (primary N) is 2. The number of alkyl halides is 2. The van der Waals surface area contributed by atoms with Crippen LogP contribution in [0.2, 0.25) is 0 Å². The highest BCUT2D eigenvalue weighted by atomic mass is 19.3. The fraction of sp³-hybridized carbons (Fsp3) is 0.273. The molecule has 17 heavy (non-hydrogen) atoms. The van der Waals surface area contributed by atoms with Crippen molar-refractivity contribution in [3.05, 3.63) is 41.1 Å². The lowest BCUT2D eigenvalue weighted by molar-refractivity contribution is -0.236. The zero-order chi connectivity index (χ0) is 12.2. The summed E-state index contributed by atoms with van der Waals surface area (Å²) < 4.78 is 27.5. The SMILES string of the molecule is N/C=C1/c2cccc3c2C(ON1N)C(F)(F)C3. The first-order valence-corrected chi connectivity index (χ1v) is 5.18. The molecule has 0 radical (unpaired) electrons. The van der Waals surface area contributed by atoms with Crippen molar-refractivity contribution in [2.45, 2.75) is 18.4 Å². The third-order valence-electron chi connectivity index (χ3n) is 3.16. The molecule has 90 valence electrons. The Morgan fingerprint density at radius 3 is 2.94 bits per heavy atom. The van der Waals surface area contributed by atoms with Crippen molar-refractivity contribution in [2.75, 3.05) is 0 Å². The van der Waals surface area contributed by atoms with Gasteiger partial charge in [-0.15, -0.1) is 0 Å². The summed E-state index contributed by atoms with van der Waals surface area (Å²) in [7, 11) is 0. The van der Waals surface area contributed by atoms with Crippen LogP contribution in [0.5, 0.6) is 0 Å². The van der Waals surface area contributed by atoms with Crippen LogP contribution in [0.25, 0.3) is 5.70 Å². The fourth-order valence-corrected chi connectivity index (χ4v) is 2.44. The summed E-state index contributed by atoms with van der Waals surface area (Å²) in [5.41, 5.74) is 7.54. The highest BCUT2D eigenvalue weighted by Gasteiger charge is 2.53. The molecule has 4 N–H and O–H groups in total. The van der Waals surface area contributed by atoms with E-state index in [0.29, 0.717) is 22.4 Å². The van der Waals surface area contributed by atoms with Crippen molar-refractivity contribution in [1.29, 1.82) is 0 Å². The largest absolute Gasteiger partial charge is 0.403 e. The van der Waals surface area contributed by atoms with E-state index in [2.05, 4.69) is 0 Å². The molecule has 0 bridgehead atoms. The molecule has 1 aromatic rings. The summed E-state index contributed by atoms with van der Waals surface area (Å²) in [6, 6.07) is 5.11. The van der Waals surface area contributed by atoms with Crippen LogP contribution in [0.4, 0.5) is 8.78 Å². The standard InChI is InChI=1S/C11H11F2N3O/c12-11(13)4-6-2-1-3-7-8(5-14)16(15)17-10(11)9(6)7/h1-3,5,10H,4,14-15H2/b8-5-. The number of halogens is 2. The third-order valence-corrected chi connectivity index (χ3v) is 3.16. The Morgan fingerprint density at radius 2 is 2.24 bits per heavy atom. The Hall–Kier alpha value is -1.66. The minimum atomic E-state index is -2.93. The maximum absolute atomic E-state index is 13.8. The number of hydrogen-bond acceptors (Lipinski definition) is 4. The molecule has 0 fully saturated rings. The summed E-state index contributed by atoms with van der Waals surface area (Å²) in [6.45, 7) is 0. The maximum Gasteiger partial charge on any atom is 0.284 e. The third kappa shape index (κ3) is 1.28. The second-order valence-electron chi connectivity index (χ2n) is 4.18. The molecular weight excluding hydrogens is 228 g/mol. The fourth-order valence-electron chi connectivity index (χ4n) is 2.44. The van der Waals surface area contributed by atoms with Gasteiger partial charge in [0.05, 0.1) is 0 Å². The van der Waals surface area contributed by atoms with Crippen LogP contribution in [-0.4, -0.2) is 11.1 Å². The van der Waals surface area contributed by atoms with Gasteiger partial charge in [-0.1, -0.05) is 18.2 Å². The average Bonchev–Trinajstić information content (AvgIpc) is 2.52. The maximum atomic E-state index is 13.8. The van der Waals surface area contributed by atoms with Crippen LogP contribution in [0.1, 0.15) is 22.8 Å². The Kier molecular flexibility index (Phi) is 1.96. The van der Waals surface area contributed by atoms with Gasteiger partial charge in [0, 0.05) is 23.7 Å². The van der Waals surface area contributed by atoms with E-state index in [1.165, 1.54) is 6.20 Å². The minimum Gasteiger partial charge on any atom is -0.403 e. The highest BCUT2D eigenvalue weighted by molar-refractivity contribution is 5.69. The zero-order valence-corrected chi connectivity index (χ0v) is 8.86. The first-order valence-electron chi connectivity index (χ1n) is 5.18. The Labute approximate surface area is 96.4 Å². The molecule has 0 saturated carbocycles. The van der Waals surface area contributed by atoms with E-state index in [0.717, 1.165) is 5.17 Å². The number of nitrogens with zero attached hydrogens (tertiary/aromatic N) is 1. The van der Waals surface area contributed by atoms with E-state index >= 15 is 0 Å². The molecular formula is C11H11F2N3O. The van der Waals surface area contributed by atoms with Gasteiger partial charge < -0.3 is 5.73 Å². The molecule has 1 heterocycles. The van der Waals surface area contributed by atoms with Crippen molar-refractivity contribution >= 4 is 5.70 Å². The molecule has 0 amide bonds. The van der Waals surface area contributed by atoms with Crippen molar-refractivity contribution in [1.82, 2.24) is 5.17 Å². The number of hydroxylamine groups is 1. The first kappa shape index (κ1) is 10.5. The molecule has 0 saturated heterocycles. The number of rotatable bonds is 0. The van der Waals surface area contributed by atoms with Gasteiger partial charge in [0.15, 0.2) is 6.10 Å². The number of hydrogen-bond donors (Lipinski definition) is 2. The summed E-state index contributed by atoms with van der Waals surface area (Å²) in [4.78, 5) is 5.05. The van der Waals surface area contributed by atoms with E-state index in [1.54, 1.807) is 18.2 Å². The quantitative estimate of drug-likeness (QED) is 0.670. The molecule has 1 atom stereocenters. The van der Waals surface area contributed by atoms with Crippen LogP contribution >= 0.6 is 0 Å². The molecule has 3 rings (SSSR count). The van der Waals surface area contributed by atoms with E-state index in [-0.39, 0.29) is 6.42 Å². The predicted octanol–water partition coefficient (Wildman–Crippen LogP) is 1.30. The molecule has 1 aromatic carbocycles.